The normalized spacial score (nSPS) is 21.5. The fraction of sp³-hybridized carbons (Fsp3) is 0.385. The Balaban J connectivity index is 2.10. The van der Waals surface area contributed by atoms with Gasteiger partial charge in [0, 0.05) is 12.4 Å². The molecule has 0 spiro atoms. The first-order chi connectivity index (χ1) is 9.92. The van der Waals surface area contributed by atoms with Gasteiger partial charge in [-0.15, -0.1) is 5.10 Å². The Hall–Kier alpha value is -2.48. The smallest absolute Gasteiger partial charge is 0.355 e. The first-order valence-corrected chi connectivity index (χ1v) is 6.52. The van der Waals surface area contributed by atoms with Crippen molar-refractivity contribution < 1.29 is 9.53 Å². The second kappa shape index (κ2) is 4.52. The predicted molar refractivity (Wildman–Crippen MR) is 74.6 cm³/mol. The number of carbonyl (C=O) groups is 1. The molecular weight excluding hydrogens is 272 g/mol. The predicted octanol–water partition coefficient (Wildman–Crippen LogP) is 0.442. The van der Waals surface area contributed by atoms with E-state index in [0.29, 0.717) is 11.0 Å². The van der Waals surface area contributed by atoms with Crippen LogP contribution < -0.4 is 10.9 Å². The molecule has 1 aliphatic rings. The highest BCUT2D eigenvalue weighted by molar-refractivity contribution is 5.84. The first-order valence-electron chi connectivity index (χ1n) is 6.52. The molecule has 0 radical (unpaired) electrons. The van der Waals surface area contributed by atoms with E-state index in [-0.39, 0.29) is 0 Å². The van der Waals surface area contributed by atoms with E-state index in [9.17, 15) is 4.79 Å². The molecule has 21 heavy (non-hydrogen) atoms. The summed E-state index contributed by atoms with van der Waals surface area (Å²) in [5.41, 5.74) is 5.08. The largest absolute Gasteiger partial charge is 0.457 e. The van der Waals surface area contributed by atoms with Gasteiger partial charge in [-0.3, -0.25) is 4.98 Å². The Kier molecular flexibility index (Phi) is 2.91. The van der Waals surface area contributed by atoms with Crippen molar-refractivity contribution in [1.29, 1.82) is 0 Å². The molecule has 3 heterocycles. The molecule has 2 aromatic heterocycles. The minimum atomic E-state index is -1.27. The van der Waals surface area contributed by atoms with Crippen molar-refractivity contribution in [2.75, 3.05) is 0 Å². The van der Waals surface area contributed by atoms with E-state index in [0.717, 1.165) is 0 Å². The Labute approximate surface area is 121 Å². The second-order valence-corrected chi connectivity index (χ2v) is 5.74. The lowest BCUT2D eigenvalue weighted by Gasteiger charge is -2.30. The van der Waals surface area contributed by atoms with E-state index in [4.69, 9.17) is 4.74 Å². The Morgan fingerprint density at radius 3 is 2.90 bits per heavy atom. The van der Waals surface area contributed by atoms with Crippen molar-refractivity contribution in [3.63, 3.8) is 0 Å². The monoisotopic (exact) mass is 288 g/mol. The number of pyridine rings is 1. The number of aromatic nitrogens is 4. The molecule has 0 aliphatic carbocycles. The molecule has 0 saturated heterocycles. The molecule has 1 atom stereocenters. The highest BCUT2D eigenvalue weighted by Crippen LogP contribution is 2.25. The van der Waals surface area contributed by atoms with Crippen LogP contribution in [0.4, 0.5) is 0 Å². The van der Waals surface area contributed by atoms with E-state index in [1.165, 1.54) is 4.68 Å². The molecule has 0 amide bonds. The lowest BCUT2D eigenvalue weighted by atomic mass is 10.1. The van der Waals surface area contributed by atoms with Crippen molar-refractivity contribution in [1.82, 2.24) is 30.8 Å². The molecular formula is C13H16N6O2. The first kappa shape index (κ1) is 13.5. The molecule has 0 aromatic carbocycles. The van der Waals surface area contributed by atoms with Crippen molar-refractivity contribution in [2.24, 2.45) is 0 Å². The number of esters is 1. The van der Waals surface area contributed by atoms with Crippen LogP contribution in [0.1, 0.15) is 20.8 Å². The molecule has 8 nitrogen and oxygen atoms in total. The van der Waals surface area contributed by atoms with E-state index >= 15 is 0 Å². The van der Waals surface area contributed by atoms with E-state index in [1.54, 1.807) is 30.7 Å². The number of hydrazine groups is 1. The van der Waals surface area contributed by atoms with Gasteiger partial charge in [0.1, 0.15) is 11.1 Å². The van der Waals surface area contributed by atoms with Crippen LogP contribution in [0, 0.1) is 0 Å². The van der Waals surface area contributed by atoms with Gasteiger partial charge in [-0.05, 0) is 32.9 Å². The summed E-state index contributed by atoms with van der Waals surface area (Å²) in [5, 5.41) is 8.10. The average molecular weight is 288 g/mol. The molecule has 2 N–H and O–H groups in total. The van der Waals surface area contributed by atoms with Crippen molar-refractivity contribution in [3.8, 4) is 0 Å². The molecule has 110 valence electrons. The summed E-state index contributed by atoms with van der Waals surface area (Å²) in [6, 6.07) is 1.75. The molecule has 2 aromatic rings. The van der Waals surface area contributed by atoms with Gasteiger partial charge in [0.15, 0.2) is 0 Å². The summed E-state index contributed by atoms with van der Waals surface area (Å²) in [7, 11) is 0. The molecule has 3 rings (SSSR count). The summed E-state index contributed by atoms with van der Waals surface area (Å²) < 4.78 is 6.98. The molecule has 8 heteroatoms. The van der Waals surface area contributed by atoms with Crippen LogP contribution in [0.2, 0.25) is 0 Å². The maximum Gasteiger partial charge on any atom is 0.355 e. The number of rotatable bonds is 2. The molecule has 0 saturated carbocycles. The fourth-order valence-electron chi connectivity index (χ4n) is 2.08. The topological polar surface area (TPSA) is 94.0 Å². The number of fused-ring (bicyclic) bond motifs is 1. The van der Waals surface area contributed by atoms with Gasteiger partial charge in [-0.25, -0.2) is 9.48 Å². The minimum Gasteiger partial charge on any atom is -0.457 e. The molecule has 0 fully saturated rings. The zero-order valence-electron chi connectivity index (χ0n) is 12.0. The van der Waals surface area contributed by atoms with E-state index < -0.39 is 17.2 Å². The highest BCUT2D eigenvalue weighted by Gasteiger charge is 2.45. The maximum atomic E-state index is 12.6. The summed E-state index contributed by atoms with van der Waals surface area (Å²) in [4.78, 5) is 16.6. The van der Waals surface area contributed by atoms with Crippen LogP contribution in [0.15, 0.2) is 30.7 Å². The number of nitrogens with one attached hydrogen (secondary N) is 2. The van der Waals surface area contributed by atoms with Crippen LogP contribution in [0.5, 0.6) is 0 Å². The summed E-state index contributed by atoms with van der Waals surface area (Å²) in [6.07, 6.45) is 6.49. The lowest BCUT2D eigenvalue weighted by molar-refractivity contribution is -0.165. The van der Waals surface area contributed by atoms with Crippen LogP contribution >= 0.6 is 0 Å². The zero-order chi connectivity index (χ0) is 15.1. The quantitative estimate of drug-likeness (QED) is 0.774. The Morgan fingerprint density at radius 2 is 2.24 bits per heavy atom. The standard InChI is InChI=1S/C13H16N6O2/c1-12(2,3)21-11(20)13(5-7-15-17-13)19-10-4-6-14-8-9(10)16-18-19/h4-8,15,17H,1-3H3. The summed E-state index contributed by atoms with van der Waals surface area (Å²) in [6.45, 7) is 5.44. The lowest BCUT2D eigenvalue weighted by Crippen LogP contribution is -2.55. The van der Waals surface area contributed by atoms with E-state index in [1.807, 2.05) is 20.8 Å². The van der Waals surface area contributed by atoms with Crippen molar-refractivity contribution in [2.45, 2.75) is 32.0 Å². The Morgan fingerprint density at radius 1 is 1.43 bits per heavy atom. The van der Waals surface area contributed by atoms with Crippen LogP contribution in [-0.4, -0.2) is 31.5 Å². The second-order valence-electron chi connectivity index (χ2n) is 5.74. The molecule has 1 unspecified atom stereocenters. The van der Waals surface area contributed by atoms with Gasteiger partial charge in [0.2, 0.25) is 5.66 Å². The Bertz CT molecular complexity index is 717. The number of ether oxygens (including phenoxy) is 1. The minimum absolute atomic E-state index is 0.472. The summed E-state index contributed by atoms with van der Waals surface area (Å²) >= 11 is 0. The van der Waals surface area contributed by atoms with Crippen molar-refractivity contribution >= 4 is 17.0 Å². The van der Waals surface area contributed by atoms with Gasteiger partial charge >= 0.3 is 5.97 Å². The summed E-state index contributed by atoms with van der Waals surface area (Å²) in [5.74, 6) is -0.472. The van der Waals surface area contributed by atoms with Crippen LogP contribution in [-0.2, 0) is 15.2 Å². The number of hydrogen-bond acceptors (Lipinski definition) is 7. The average Bonchev–Trinajstić information content (AvgIpc) is 3.04. The van der Waals surface area contributed by atoms with Gasteiger partial charge in [-0.2, -0.15) is 5.43 Å². The number of hydrogen-bond donors (Lipinski definition) is 2. The third kappa shape index (κ3) is 2.23. The number of carbonyl (C=O) groups excluding carboxylic acids is 1. The van der Waals surface area contributed by atoms with Gasteiger partial charge in [0.05, 0.1) is 11.7 Å². The molecule has 1 aliphatic heterocycles. The fourth-order valence-corrected chi connectivity index (χ4v) is 2.08. The van der Waals surface area contributed by atoms with E-state index in [2.05, 4.69) is 26.1 Å². The SMILES string of the molecule is CC(C)(C)OC(=O)C1(n2nnc3cnccc32)C=CNN1. The van der Waals surface area contributed by atoms with Gasteiger partial charge in [0.25, 0.3) is 0 Å². The third-order valence-corrected chi connectivity index (χ3v) is 2.96. The highest BCUT2D eigenvalue weighted by atomic mass is 16.6. The van der Waals surface area contributed by atoms with Gasteiger partial charge < -0.3 is 10.2 Å². The van der Waals surface area contributed by atoms with Crippen LogP contribution in [0.3, 0.4) is 0 Å². The molecule has 0 bridgehead atoms. The maximum absolute atomic E-state index is 12.6. The third-order valence-electron chi connectivity index (χ3n) is 2.96. The zero-order valence-corrected chi connectivity index (χ0v) is 12.0. The van der Waals surface area contributed by atoms with Crippen molar-refractivity contribution in [3.05, 3.63) is 30.7 Å². The van der Waals surface area contributed by atoms with Crippen LogP contribution in [0.25, 0.3) is 11.0 Å². The van der Waals surface area contributed by atoms with Gasteiger partial charge in [-0.1, -0.05) is 5.21 Å². The number of nitrogens with zero attached hydrogens (tertiary/aromatic N) is 4.